The molecule has 6 rings (SSSR count). The van der Waals surface area contributed by atoms with Gasteiger partial charge in [0.25, 0.3) is 0 Å². The molecule has 40 heavy (non-hydrogen) atoms. The molecule has 0 radical (unpaired) electrons. The van der Waals surface area contributed by atoms with E-state index >= 15 is 0 Å². The van der Waals surface area contributed by atoms with Gasteiger partial charge in [-0.05, 0) is 54.9 Å². The number of nitrogens with zero attached hydrogens (tertiary/aromatic N) is 4. The lowest BCUT2D eigenvalue weighted by molar-refractivity contribution is 0.414. The van der Waals surface area contributed by atoms with Crippen molar-refractivity contribution >= 4 is 16.9 Å². The van der Waals surface area contributed by atoms with Crippen molar-refractivity contribution in [3.05, 3.63) is 96.2 Å². The number of fused-ring (bicyclic) bond motifs is 1. The third-order valence-electron chi connectivity index (χ3n) is 6.76. The van der Waals surface area contributed by atoms with Crippen molar-refractivity contribution < 1.29 is 14.2 Å². The average Bonchev–Trinajstić information content (AvgIpc) is 3.63. The predicted octanol–water partition coefficient (Wildman–Crippen LogP) is 5.72. The van der Waals surface area contributed by atoms with Crippen LogP contribution in [0.5, 0.6) is 28.7 Å². The van der Waals surface area contributed by atoms with Gasteiger partial charge in [0.1, 0.15) is 40.2 Å². The van der Waals surface area contributed by atoms with E-state index in [0.717, 1.165) is 36.2 Å². The van der Waals surface area contributed by atoms with E-state index < -0.39 is 0 Å². The highest BCUT2D eigenvalue weighted by Crippen LogP contribution is 2.37. The van der Waals surface area contributed by atoms with Gasteiger partial charge >= 0.3 is 0 Å². The topological polar surface area (TPSA) is 106 Å². The molecule has 2 aromatic heterocycles. The average molecular weight is 533 g/mol. The Morgan fingerprint density at radius 1 is 0.975 bits per heavy atom. The van der Waals surface area contributed by atoms with Crippen LogP contribution in [-0.2, 0) is 6.54 Å². The number of ether oxygens (including phenoxy) is 3. The van der Waals surface area contributed by atoms with Crippen molar-refractivity contribution in [3.8, 4) is 34.8 Å². The molecule has 2 N–H and O–H groups in total. The molecular formula is C31H28N6O3. The summed E-state index contributed by atoms with van der Waals surface area (Å²) in [5, 5.41) is 22.6. The fourth-order valence-electron chi connectivity index (χ4n) is 4.73. The van der Waals surface area contributed by atoms with Gasteiger partial charge in [-0.2, -0.15) is 10.4 Å². The first-order valence-electron chi connectivity index (χ1n) is 13.1. The van der Waals surface area contributed by atoms with Crippen LogP contribution in [-0.4, -0.2) is 41.0 Å². The Morgan fingerprint density at radius 3 is 2.55 bits per heavy atom. The van der Waals surface area contributed by atoms with Crippen LogP contribution in [0.4, 0.5) is 5.82 Å². The molecular weight excluding hydrogens is 504 g/mol. The highest BCUT2D eigenvalue weighted by molar-refractivity contribution is 5.93. The van der Waals surface area contributed by atoms with Crippen LogP contribution < -0.4 is 24.8 Å². The van der Waals surface area contributed by atoms with Gasteiger partial charge in [-0.15, -0.1) is 0 Å². The number of benzene rings is 3. The minimum Gasteiger partial charge on any atom is -0.497 e. The van der Waals surface area contributed by atoms with Crippen LogP contribution in [0.15, 0.2) is 85.1 Å². The Labute approximate surface area is 231 Å². The number of nitrogens with one attached hydrogen (secondary N) is 2. The molecule has 1 unspecified atom stereocenters. The molecule has 1 aliphatic rings. The number of nitriles is 1. The van der Waals surface area contributed by atoms with E-state index in [1.165, 1.54) is 0 Å². The van der Waals surface area contributed by atoms with Crippen LogP contribution in [0.3, 0.4) is 0 Å². The highest BCUT2D eigenvalue weighted by Gasteiger charge is 2.22. The zero-order chi connectivity index (χ0) is 27.3. The summed E-state index contributed by atoms with van der Waals surface area (Å²) in [5.74, 6) is 3.73. The number of aromatic nitrogens is 3. The largest absolute Gasteiger partial charge is 0.497 e. The maximum absolute atomic E-state index is 9.91. The number of pyridine rings is 1. The van der Waals surface area contributed by atoms with Gasteiger partial charge in [0.15, 0.2) is 11.5 Å². The molecule has 0 amide bonds. The molecule has 1 aliphatic heterocycles. The van der Waals surface area contributed by atoms with Crippen LogP contribution >= 0.6 is 0 Å². The van der Waals surface area contributed by atoms with E-state index in [2.05, 4.69) is 21.7 Å². The number of anilines is 1. The minimum absolute atomic E-state index is 0.240. The SMILES string of the molecule is COc1ccc(Cn2nc(NC3CCNC3)c3c(Oc4ccc(Oc5ccccc5)cc4C#N)ccnc32)cc1. The molecule has 0 bridgehead atoms. The molecule has 9 heteroatoms. The molecule has 0 aliphatic carbocycles. The molecule has 5 aromatic rings. The number of hydrogen-bond donors (Lipinski definition) is 2. The van der Waals surface area contributed by atoms with Gasteiger partial charge in [0.05, 0.1) is 19.2 Å². The quantitative estimate of drug-likeness (QED) is 0.248. The molecule has 1 saturated heterocycles. The summed E-state index contributed by atoms with van der Waals surface area (Å²) in [7, 11) is 1.65. The van der Waals surface area contributed by atoms with Crippen molar-refractivity contribution in [2.45, 2.75) is 19.0 Å². The smallest absolute Gasteiger partial charge is 0.164 e. The first-order chi connectivity index (χ1) is 19.7. The van der Waals surface area contributed by atoms with E-state index in [1.54, 1.807) is 37.6 Å². The summed E-state index contributed by atoms with van der Waals surface area (Å²) >= 11 is 0. The first kappa shape index (κ1) is 25.2. The van der Waals surface area contributed by atoms with Crippen molar-refractivity contribution in [2.75, 3.05) is 25.5 Å². The second-order valence-corrected chi connectivity index (χ2v) is 9.48. The second kappa shape index (κ2) is 11.4. The summed E-state index contributed by atoms with van der Waals surface area (Å²) < 4.78 is 19.5. The van der Waals surface area contributed by atoms with Gasteiger partial charge < -0.3 is 24.8 Å². The Hall–Kier alpha value is -5.07. The van der Waals surface area contributed by atoms with Gasteiger partial charge in [0.2, 0.25) is 0 Å². The number of rotatable bonds is 9. The van der Waals surface area contributed by atoms with Gasteiger partial charge in [0, 0.05) is 30.9 Å². The second-order valence-electron chi connectivity index (χ2n) is 9.48. The molecule has 1 atom stereocenters. The summed E-state index contributed by atoms with van der Waals surface area (Å²) in [6, 6.07) is 26.8. The van der Waals surface area contributed by atoms with E-state index in [-0.39, 0.29) is 6.04 Å². The lowest BCUT2D eigenvalue weighted by Crippen LogP contribution is -2.22. The summed E-state index contributed by atoms with van der Waals surface area (Å²) in [5.41, 5.74) is 2.11. The molecule has 3 aromatic carbocycles. The molecule has 0 spiro atoms. The van der Waals surface area contributed by atoms with Crippen molar-refractivity contribution in [3.63, 3.8) is 0 Å². The molecule has 3 heterocycles. The Morgan fingerprint density at radius 2 is 1.80 bits per heavy atom. The molecule has 1 fully saturated rings. The van der Waals surface area contributed by atoms with E-state index in [1.807, 2.05) is 59.3 Å². The van der Waals surface area contributed by atoms with Gasteiger partial charge in [-0.3, -0.25) is 0 Å². The number of hydrogen-bond acceptors (Lipinski definition) is 8. The van der Waals surface area contributed by atoms with Crippen LogP contribution in [0.2, 0.25) is 0 Å². The summed E-state index contributed by atoms with van der Waals surface area (Å²) in [6.07, 6.45) is 2.69. The summed E-state index contributed by atoms with van der Waals surface area (Å²) in [4.78, 5) is 4.67. The van der Waals surface area contributed by atoms with Crippen LogP contribution in [0.1, 0.15) is 17.5 Å². The minimum atomic E-state index is 0.240. The number of methoxy groups -OCH3 is 1. The van der Waals surface area contributed by atoms with E-state index in [9.17, 15) is 5.26 Å². The Kier molecular flexibility index (Phi) is 7.16. The standard InChI is InChI=1S/C31H28N6O3/c1-38-24-9-7-21(8-10-24)20-37-31-29(30(36-37)35-23-13-15-33-19-23)28(14-16-34-31)40-27-12-11-26(17-22(27)18-32)39-25-5-3-2-4-6-25/h2-12,14,16-17,23,33H,13,15,19-20H2,1H3,(H,35,36). The maximum atomic E-state index is 9.91. The predicted molar refractivity (Wildman–Crippen MR) is 152 cm³/mol. The van der Waals surface area contributed by atoms with Crippen molar-refractivity contribution in [1.29, 1.82) is 5.26 Å². The molecule has 0 saturated carbocycles. The van der Waals surface area contributed by atoms with Gasteiger partial charge in [-0.25, -0.2) is 9.67 Å². The lowest BCUT2D eigenvalue weighted by Gasteiger charge is -2.13. The van der Waals surface area contributed by atoms with E-state index in [4.69, 9.17) is 19.3 Å². The van der Waals surface area contributed by atoms with Gasteiger partial charge in [-0.1, -0.05) is 30.3 Å². The maximum Gasteiger partial charge on any atom is 0.164 e. The monoisotopic (exact) mass is 532 g/mol. The fraction of sp³-hybridized carbons (Fsp3) is 0.194. The van der Waals surface area contributed by atoms with Crippen LogP contribution in [0, 0.1) is 11.3 Å². The molecule has 9 nitrogen and oxygen atoms in total. The number of para-hydroxylation sites is 1. The molecule has 200 valence electrons. The normalized spacial score (nSPS) is 14.6. The highest BCUT2D eigenvalue weighted by atomic mass is 16.5. The third-order valence-corrected chi connectivity index (χ3v) is 6.76. The summed E-state index contributed by atoms with van der Waals surface area (Å²) in [6.45, 7) is 2.33. The van der Waals surface area contributed by atoms with Crippen LogP contribution in [0.25, 0.3) is 11.0 Å². The zero-order valence-electron chi connectivity index (χ0n) is 22.0. The van der Waals surface area contributed by atoms with E-state index in [0.29, 0.717) is 46.6 Å². The fourth-order valence-corrected chi connectivity index (χ4v) is 4.73. The lowest BCUT2D eigenvalue weighted by atomic mass is 10.2. The Balaban J connectivity index is 1.35. The zero-order valence-corrected chi connectivity index (χ0v) is 22.0. The first-order valence-corrected chi connectivity index (χ1v) is 13.1. The van der Waals surface area contributed by atoms with Crippen molar-refractivity contribution in [1.82, 2.24) is 20.1 Å². The van der Waals surface area contributed by atoms with Crippen molar-refractivity contribution in [2.24, 2.45) is 0 Å². The Bertz CT molecular complexity index is 1660. The third kappa shape index (κ3) is 5.39.